The fourth-order valence-electron chi connectivity index (χ4n) is 2.36. The average Bonchev–Trinajstić information content (AvgIpc) is 2.65. The van der Waals surface area contributed by atoms with Crippen molar-refractivity contribution < 1.29 is 13.9 Å². The predicted octanol–water partition coefficient (Wildman–Crippen LogP) is 4.14. The van der Waals surface area contributed by atoms with E-state index in [9.17, 15) is 4.79 Å². The van der Waals surface area contributed by atoms with E-state index in [2.05, 4.69) is 0 Å². The number of rotatable bonds is 4. The highest BCUT2D eigenvalue weighted by atomic mass is 16.5. The van der Waals surface area contributed by atoms with Gasteiger partial charge in [-0.05, 0) is 46.8 Å². The summed E-state index contributed by atoms with van der Waals surface area (Å²) in [6.07, 6.45) is 0. The molecule has 0 radical (unpaired) electrons. The van der Waals surface area contributed by atoms with Crippen LogP contribution in [0.3, 0.4) is 0 Å². The van der Waals surface area contributed by atoms with E-state index in [1.54, 1.807) is 0 Å². The molecule has 3 nitrogen and oxygen atoms in total. The number of ether oxygens (including phenoxy) is 1. The zero-order valence-corrected chi connectivity index (χ0v) is 12.7. The van der Waals surface area contributed by atoms with Gasteiger partial charge in [-0.1, -0.05) is 11.6 Å². The van der Waals surface area contributed by atoms with Crippen molar-refractivity contribution in [2.75, 3.05) is 6.61 Å². The molecule has 0 N–H and O–H groups in total. The quantitative estimate of drug-likeness (QED) is 0.785. The monoisotopic (exact) mass is 272 g/mol. The van der Waals surface area contributed by atoms with E-state index in [4.69, 9.17) is 9.15 Å². The number of aryl methyl sites for hydroxylation is 3. The molecule has 2 rings (SSSR count). The minimum absolute atomic E-state index is 0.0380. The lowest BCUT2D eigenvalue weighted by molar-refractivity contribution is 0.103. The Kier molecular flexibility index (Phi) is 3.98. The smallest absolute Gasteiger partial charge is 0.200 e. The molecule has 1 aromatic heterocycles. The largest absolute Gasteiger partial charge is 0.493 e. The van der Waals surface area contributed by atoms with Crippen molar-refractivity contribution in [1.29, 1.82) is 0 Å². The summed E-state index contributed by atoms with van der Waals surface area (Å²) >= 11 is 0. The first-order chi connectivity index (χ1) is 9.45. The lowest BCUT2D eigenvalue weighted by atomic mass is 9.98. The van der Waals surface area contributed by atoms with E-state index in [-0.39, 0.29) is 5.78 Å². The second-order valence-corrected chi connectivity index (χ2v) is 4.98. The summed E-state index contributed by atoms with van der Waals surface area (Å²) in [4.78, 5) is 12.8. The Hall–Kier alpha value is -2.03. The molecule has 0 unspecified atom stereocenters. The van der Waals surface area contributed by atoms with Crippen molar-refractivity contribution in [3.8, 4) is 5.75 Å². The van der Waals surface area contributed by atoms with Gasteiger partial charge in [0.15, 0.2) is 0 Å². The van der Waals surface area contributed by atoms with Crippen molar-refractivity contribution in [3.63, 3.8) is 0 Å². The van der Waals surface area contributed by atoms with Gasteiger partial charge in [0.25, 0.3) is 0 Å². The van der Waals surface area contributed by atoms with Crippen LogP contribution in [0.25, 0.3) is 0 Å². The van der Waals surface area contributed by atoms with Crippen LogP contribution >= 0.6 is 0 Å². The second-order valence-electron chi connectivity index (χ2n) is 4.98. The first-order valence-corrected chi connectivity index (χ1v) is 6.80. The van der Waals surface area contributed by atoms with Crippen LogP contribution in [0.2, 0.25) is 0 Å². The molecule has 0 spiro atoms. The maximum absolute atomic E-state index is 12.8. The molecule has 1 aromatic carbocycles. The van der Waals surface area contributed by atoms with Gasteiger partial charge in [0.05, 0.1) is 17.7 Å². The lowest BCUT2D eigenvalue weighted by Crippen LogP contribution is -2.07. The number of ketones is 1. The summed E-state index contributed by atoms with van der Waals surface area (Å²) in [6, 6.07) is 5.67. The topological polar surface area (TPSA) is 39.4 Å². The van der Waals surface area contributed by atoms with Crippen LogP contribution in [-0.2, 0) is 0 Å². The van der Waals surface area contributed by atoms with Gasteiger partial charge in [-0.15, -0.1) is 0 Å². The van der Waals surface area contributed by atoms with Crippen LogP contribution in [0.15, 0.2) is 22.6 Å². The van der Waals surface area contributed by atoms with Crippen LogP contribution in [0.5, 0.6) is 5.75 Å². The summed E-state index contributed by atoms with van der Waals surface area (Å²) in [7, 11) is 0. The molecule has 0 saturated carbocycles. The molecule has 0 aliphatic carbocycles. The van der Waals surface area contributed by atoms with E-state index >= 15 is 0 Å². The molecular weight excluding hydrogens is 252 g/mol. The van der Waals surface area contributed by atoms with Crippen molar-refractivity contribution in [1.82, 2.24) is 0 Å². The van der Waals surface area contributed by atoms with Crippen LogP contribution in [-0.4, -0.2) is 12.4 Å². The molecule has 0 amide bonds. The Morgan fingerprint density at radius 1 is 1.15 bits per heavy atom. The normalized spacial score (nSPS) is 10.7. The molecule has 2 aromatic rings. The van der Waals surface area contributed by atoms with Gasteiger partial charge in [-0.3, -0.25) is 4.79 Å². The Morgan fingerprint density at radius 3 is 2.40 bits per heavy atom. The SMILES string of the molecule is CCOc1ccc(C)cc1C(=O)c1c(C)oc(C)c1C. The molecule has 0 saturated heterocycles. The molecule has 1 heterocycles. The van der Waals surface area contributed by atoms with Gasteiger partial charge in [0.1, 0.15) is 17.3 Å². The minimum Gasteiger partial charge on any atom is -0.493 e. The number of carbonyl (C=O) groups is 1. The van der Waals surface area contributed by atoms with E-state index in [1.807, 2.05) is 52.8 Å². The van der Waals surface area contributed by atoms with Gasteiger partial charge >= 0.3 is 0 Å². The first-order valence-electron chi connectivity index (χ1n) is 6.80. The Morgan fingerprint density at radius 2 is 1.85 bits per heavy atom. The highest BCUT2D eigenvalue weighted by Crippen LogP contribution is 2.28. The van der Waals surface area contributed by atoms with Crippen LogP contribution in [0.1, 0.15) is 45.5 Å². The lowest BCUT2D eigenvalue weighted by Gasteiger charge is -2.10. The van der Waals surface area contributed by atoms with Gasteiger partial charge in [0.2, 0.25) is 5.78 Å². The highest BCUT2D eigenvalue weighted by Gasteiger charge is 2.22. The Bertz CT molecular complexity index is 650. The van der Waals surface area contributed by atoms with E-state index in [1.165, 1.54) is 0 Å². The van der Waals surface area contributed by atoms with E-state index < -0.39 is 0 Å². The third-order valence-corrected chi connectivity index (χ3v) is 3.47. The molecule has 0 aliphatic heterocycles. The van der Waals surface area contributed by atoms with Gasteiger partial charge in [0, 0.05) is 5.56 Å². The highest BCUT2D eigenvalue weighted by molar-refractivity contribution is 6.12. The predicted molar refractivity (Wildman–Crippen MR) is 78.7 cm³/mol. The number of benzene rings is 1. The zero-order valence-electron chi connectivity index (χ0n) is 12.7. The van der Waals surface area contributed by atoms with Crippen LogP contribution in [0, 0.1) is 27.7 Å². The van der Waals surface area contributed by atoms with Crippen molar-refractivity contribution in [3.05, 3.63) is 52.0 Å². The summed E-state index contributed by atoms with van der Waals surface area (Å²) in [5, 5.41) is 0. The van der Waals surface area contributed by atoms with Crippen molar-refractivity contribution in [2.45, 2.75) is 34.6 Å². The summed E-state index contributed by atoms with van der Waals surface area (Å²) in [5.74, 6) is 2.04. The molecule has 20 heavy (non-hydrogen) atoms. The first kappa shape index (κ1) is 14.4. The third kappa shape index (κ3) is 2.48. The second kappa shape index (κ2) is 5.53. The summed E-state index contributed by atoms with van der Waals surface area (Å²) in [6.45, 7) is 10.0. The molecule has 3 heteroatoms. The average molecular weight is 272 g/mol. The molecule has 0 atom stereocenters. The number of hydrogen-bond donors (Lipinski definition) is 0. The fourth-order valence-corrected chi connectivity index (χ4v) is 2.36. The molecule has 0 bridgehead atoms. The Balaban J connectivity index is 2.55. The Labute approximate surface area is 119 Å². The van der Waals surface area contributed by atoms with E-state index in [0.29, 0.717) is 29.2 Å². The summed E-state index contributed by atoms with van der Waals surface area (Å²) in [5.41, 5.74) is 3.18. The number of hydrogen-bond acceptors (Lipinski definition) is 3. The number of furan rings is 1. The van der Waals surface area contributed by atoms with Crippen LogP contribution < -0.4 is 4.74 Å². The van der Waals surface area contributed by atoms with Gasteiger partial charge in [-0.25, -0.2) is 0 Å². The van der Waals surface area contributed by atoms with Gasteiger partial charge in [-0.2, -0.15) is 0 Å². The molecule has 106 valence electrons. The minimum atomic E-state index is -0.0380. The van der Waals surface area contributed by atoms with Crippen molar-refractivity contribution in [2.24, 2.45) is 0 Å². The fraction of sp³-hybridized carbons (Fsp3) is 0.353. The zero-order chi connectivity index (χ0) is 14.9. The molecular formula is C17H20O3. The van der Waals surface area contributed by atoms with Crippen molar-refractivity contribution >= 4 is 5.78 Å². The standard InChI is InChI=1S/C17H20O3/c1-6-19-15-8-7-10(2)9-14(15)17(18)16-11(3)12(4)20-13(16)5/h7-9H,6H2,1-5H3. The maximum Gasteiger partial charge on any atom is 0.200 e. The van der Waals surface area contributed by atoms with Crippen LogP contribution in [0.4, 0.5) is 0 Å². The van der Waals surface area contributed by atoms with Gasteiger partial charge < -0.3 is 9.15 Å². The maximum atomic E-state index is 12.8. The summed E-state index contributed by atoms with van der Waals surface area (Å²) < 4.78 is 11.1. The molecule has 0 aliphatic rings. The third-order valence-electron chi connectivity index (χ3n) is 3.47. The molecule has 0 fully saturated rings. The van der Waals surface area contributed by atoms with E-state index in [0.717, 1.165) is 16.9 Å². The number of carbonyl (C=O) groups excluding carboxylic acids is 1.